The number of carbonyl (C=O) groups is 1. The van der Waals surface area contributed by atoms with Crippen molar-refractivity contribution in [3.8, 4) is 6.07 Å². The van der Waals surface area contributed by atoms with Gasteiger partial charge in [-0.2, -0.15) is 10.4 Å². The van der Waals surface area contributed by atoms with Crippen molar-refractivity contribution in [1.82, 2.24) is 19.7 Å². The lowest BCUT2D eigenvalue weighted by Gasteiger charge is -2.36. The minimum Gasteiger partial charge on any atom is -0.343 e. The fourth-order valence-electron chi connectivity index (χ4n) is 4.41. The van der Waals surface area contributed by atoms with Gasteiger partial charge in [0.15, 0.2) is 5.82 Å². The molecule has 2 aliphatic rings. The Morgan fingerprint density at radius 2 is 2.10 bits per heavy atom. The van der Waals surface area contributed by atoms with Gasteiger partial charge in [0.25, 0.3) is 0 Å². The first-order valence-corrected chi connectivity index (χ1v) is 10.5. The zero-order chi connectivity index (χ0) is 21.4. The van der Waals surface area contributed by atoms with Crippen LogP contribution in [-0.4, -0.2) is 45.3 Å². The average molecular weight is 413 g/mol. The van der Waals surface area contributed by atoms with Crippen LogP contribution in [0.1, 0.15) is 35.4 Å². The van der Waals surface area contributed by atoms with Crippen molar-refractivity contribution < 1.29 is 4.79 Å². The number of nitriles is 1. The van der Waals surface area contributed by atoms with E-state index >= 15 is 0 Å². The summed E-state index contributed by atoms with van der Waals surface area (Å²) < 4.78 is 1.86. The van der Waals surface area contributed by atoms with E-state index in [4.69, 9.17) is 4.98 Å². The largest absolute Gasteiger partial charge is 0.343 e. The van der Waals surface area contributed by atoms with E-state index in [1.807, 2.05) is 41.3 Å². The molecule has 1 aromatic carbocycles. The second kappa shape index (κ2) is 7.84. The molecule has 4 heterocycles. The molecule has 0 bridgehead atoms. The van der Waals surface area contributed by atoms with E-state index in [9.17, 15) is 10.1 Å². The van der Waals surface area contributed by atoms with E-state index in [0.717, 1.165) is 54.3 Å². The zero-order valence-corrected chi connectivity index (χ0v) is 17.4. The van der Waals surface area contributed by atoms with Crippen LogP contribution in [-0.2, 0) is 24.2 Å². The molecular weight excluding hydrogens is 390 g/mol. The highest BCUT2D eigenvalue weighted by molar-refractivity contribution is 6.04. The number of fused-ring (bicyclic) bond motifs is 3. The van der Waals surface area contributed by atoms with Gasteiger partial charge in [-0.3, -0.25) is 9.48 Å². The number of amides is 1. The van der Waals surface area contributed by atoms with Crippen LogP contribution in [0.2, 0.25) is 0 Å². The highest BCUT2D eigenvalue weighted by Crippen LogP contribution is 2.37. The fraction of sp³-hybridized carbons (Fsp3) is 0.348. The van der Waals surface area contributed by atoms with Crippen LogP contribution in [0.15, 0.2) is 42.9 Å². The summed E-state index contributed by atoms with van der Waals surface area (Å²) in [4.78, 5) is 25.7. The summed E-state index contributed by atoms with van der Waals surface area (Å²) in [5.41, 5.74) is 3.51. The molecule has 8 nitrogen and oxygen atoms in total. The Bertz CT molecular complexity index is 1180. The molecule has 0 spiro atoms. The highest BCUT2D eigenvalue weighted by Gasteiger charge is 2.40. The number of hydrogen-bond donors (Lipinski definition) is 0. The average Bonchev–Trinajstić information content (AvgIpc) is 3.46. The van der Waals surface area contributed by atoms with Crippen molar-refractivity contribution in [3.05, 3.63) is 65.4 Å². The van der Waals surface area contributed by atoms with E-state index in [0.29, 0.717) is 18.5 Å². The number of anilines is 2. The number of carbonyl (C=O) groups excluding carboxylic acids is 1. The van der Waals surface area contributed by atoms with Crippen LogP contribution in [0.5, 0.6) is 0 Å². The van der Waals surface area contributed by atoms with E-state index in [1.165, 1.54) is 0 Å². The maximum atomic E-state index is 12.5. The maximum absolute atomic E-state index is 12.5. The Labute approximate surface area is 180 Å². The third-order valence-electron chi connectivity index (χ3n) is 6.10. The predicted octanol–water partition coefficient (Wildman–Crippen LogP) is 2.32. The van der Waals surface area contributed by atoms with E-state index in [1.54, 1.807) is 18.1 Å². The third-order valence-corrected chi connectivity index (χ3v) is 6.10. The first-order chi connectivity index (χ1) is 15.1. The van der Waals surface area contributed by atoms with Crippen LogP contribution in [0.4, 0.5) is 11.5 Å². The van der Waals surface area contributed by atoms with Crippen molar-refractivity contribution in [2.45, 2.75) is 38.3 Å². The van der Waals surface area contributed by atoms with Gasteiger partial charge in [0.1, 0.15) is 17.6 Å². The normalized spacial score (nSPS) is 17.4. The van der Waals surface area contributed by atoms with Crippen molar-refractivity contribution in [2.75, 3.05) is 23.4 Å². The Balaban J connectivity index is 1.29. The van der Waals surface area contributed by atoms with Gasteiger partial charge in [-0.1, -0.05) is 18.2 Å². The Morgan fingerprint density at radius 1 is 1.23 bits per heavy atom. The summed E-state index contributed by atoms with van der Waals surface area (Å²) in [5, 5.41) is 13.7. The number of likely N-dealkylation sites (N-methyl/N-ethyl adjacent to an activating group) is 1. The van der Waals surface area contributed by atoms with Crippen LogP contribution in [0.25, 0.3) is 0 Å². The molecule has 0 radical (unpaired) electrons. The quantitative estimate of drug-likeness (QED) is 0.638. The van der Waals surface area contributed by atoms with Gasteiger partial charge in [-0.15, -0.1) is 0 Å². The van der Waals surface area contributed by atoms with Gasteiger partial charge in [0.2, 0.25) is 5.91 Å². The summed E-state index contributed by atoms with van der Waals surface area (Å²) in [6.07, 6.45) is 9.01. The Hall–Kier alpha value is -3.73. The summed E-state index contributed by atoms with van der Waals surface area (Å²) in [5.74, 6) is 1.78. The molecule has 1 amide bonds. The smallest absolute Gasteiger partial charge is 0.249 e. The molecular formula is C23H23N7O. The van der Waals surface area contributed by atoms with E-state index in [2.05, 4.69) is 21.1 Å². The third kappa shape index (κ3) is 3.52. The van der Waals surface area contributed by atoms with Crippen LogP contribution in [0.3, 0.4) is 0 Å². The van der Waals surface area contributed by atoms with Gasteiger partial charge >= 0.3 is 0 Å². The number of aryl methyl sites for hydroxylation is 2. The molecule has 0 aliphatic carbocycles. The molecule has 1 fully saturated rings. The molecule has 2 aromatic heterocycles. The minimum atomic E-state index is -0.0882. The number of rotatable bonds is 5. The molecule has 31 heavy (non-hydrogen) atoms. The van der Waals surface area contributed by atoms with Crippen molar-refractivity contribution in [3.63, 3.8) is 0 Å². The number of benzene rings is 1. The molecule has 5 rings (SSSR count). The lowest BCUT2D eigenvalue weighted by molar-refractivity contribution is -0.119. The van der Waals surface area contributed by atoms with Gasteiger partial charge in [0.05, 0.1) is 30.6 Å². The zero-order valence-electron chi connectivity index (χ0n) is 17.4. The van der Waals surface area contributed by atoms with E-state index in [-0.39, 0.29) is 11.9 Å². The summed E-state index contributed by atoms with van der Waals surface area (Å²) in [7, 11) is 1.80. The monoisotopic (exact) mass is 413 g/mol. The van der Waals surface area contributed by atoms with Crippen molar-refractivity contribution >= 4 is 17.4 Å². The number of nitrogens with zero attached hydrogens (tertiary/aromatic N) is 7. The molecule has 156 valence electrons. The summed E-state index contributed by atoms with van der Waals surface area (Å²) >= 11 is 0. The van der Waals surface area contributed by atoms with Crippen LogP contribution < -0.4 is 9.80 Å². The minimum absolute atomic E-state index is 0.0882. The standard InChI is InChI=1S/C23H23N7O/c1-28-20-13-25-21(27-22(20)30-10-4-7-19(30)23(28)31)9-8-16-12-26-29(14-16)15-18-6-3-2-5-17(18)11-24/h2-3,5-6,12-14,19H,4,7-10,15H2,1H3/t19-/m0/s1. The molecule has 1 saturated heterocycles. The molecule has 2 aliphatic heterocycles. The first kappa shape index (κ1) is 19.2. The molecule has 8 heteroatoms. The molecule has 0 saturated carbocycles. The van der Waals surface area contributed by atoms with Crippen LogP contribution >= 0.6 is 0 Å². The first-order valence-electron chi connectivity index (χ1n) is 10.5. The van der Waals surface area contributed by atoms with Gasteiger partial charge in [-0.05, 0) is 36.5 Å². The lowest BCUT2D eigenvalue weighted by atomic mass is 10.1. The Morgan fingerprint density at radius 3 is 2.97 bits per heavy atom. The van der Waals surface area contributed by atoms with Crippen molar-refractivity contribution in [1.29, 1.82) is 5.26 Å². The number of hydrogen-bond acceptors (Lipinski definition) is 6. The summed E-state index contributed by atoms with van der Waals surface area (Å²) in [6, 6.07) is 9.72. The predicted molar refractivity (Wildman–Crippen MR) is 116 cm³/mol. The molecule has 0 unspecified atom stereocenters. The highest BCUT2D eigenvalue weighted by atomic mass is 16.2. The second-order valence-corrected chi connectivity index (χ2v) is 8.06. The maximum Gasteiger partial charge on any atom is 0.249 e. The van der Waals surface area contributed by atoms with Crippen LogP contribution in [0, 0.1) is 11.3 Å². The second-order valence-electron chi connectivity index (χ2n) is 8.06. The molecule has 0 N–H and O–H groups in total. The van der Waals surface area contributed by atoms with E-state index < -0.39 is 0 Å². The Kier molecular flexibility index (Phi) is 4.86. The topological polar surface area (TPSA) is 90.9 Å². The summed E-state index contributed by atoms with van der Waals surface area (Å²) in [6.45, 7) is 1.43. The van der Waals surface area contributed by atoms with Gasteiger partial charge < -0.3 is 9.80 Å². The SMILES string of the molecule is CN1C(=O)[C@@H]2CCCN2c2nc(CCc3cnn(Cc4ccccc4C#N)c3)ncc21. The number of aromatic nitrogens is 4. The molecule has 3 aromatic rings. The van der Waals surface area contributed by atoms with Gasteiger partial charge in [-0.25, -0.2) is 9.97 Å². The van der Waals surface area contributed by atoms with Gasteiger partial charge in [0, 0.05) is 26.2 Å². The lowest BCUT2D eigenvalue weighted by Crippen LogP contribution is -2.49. The molecule has 1 atom stereocenters. The van der Waals surface area contributed by atoms with Crippen molar-refractivity contribution in [2.24, 2.45) is 0 Å². The fourth-order valence-corrected chi connectivity index (χ4v) is 4.41.